The largest absolute Gasteiger partial charge is 0.394 e. The maximum atomic E-state index is 12.6. The van der Waals surface area contributed by atoms with Gasteiger partial charge in [-0.15, -0.1) is 0 Å². The molecule has 2 aliphatic heterocycles. The number of nitrogens with zero attached hydrogens (tertiary/aromatic N) is 1. The van der Waals surface area contributed by atoms with E-state index < -0.39 is 24.6 Å². The van der Waals surface area contributed by atoms with E-state index in [0.717, 1.165) is 32.2 Å². The van der Waals surface area contributed by atoms with Gasteiger partial charge in [0.1, 0.15) is 12.2 Å². The van der Waals surface area contributed by atoms with Crippen LogP contribution in [0.1, 0.15) is 59.8 Å². The molecule has 2 aliphatic rings. The highest BCUT2D eigenvalue weighted by molar-refractivity contribution is 5.76. The first-order chi connectivity index (χ1) is 14.2. The van der Waals surface area contributed by atoms with Gasteiger partial charge < -0.3 is 34.4 Å². The van der Waals surface area contributed by atoms with Crippen molar-refractivity contribution >= 4 is 5.91 Å². The first-order valence-electron chi connectivity index (χ1n) is 11.4. The summed E-state index contributed by atoms with van der Waals surface area (Å²) in [5.74, 6) is 0.327. The topological polar surface area (TPSA) is 109 Å². The van der Waals surface area contributed by atoms with Crippen molar-refractivity contribution in [2.45, 2.75) is 96.5 Å². The SMILES string of the molecule is CC(C)OC[C@@H]1C[C@@H](C)CN1C(=O)CCCCCO[C@@H]1OC(CO)[C@H](O)[C@H](O)C1C. The van der Waals surface area contributed by atoms with E-state index in [1.165, 1.54) is 0 Å². The Balaban J connectivity index is 1.64. The summed E-state index contributed by atoms with van der Waals surface area (Å²) in [6.07, 6.45) is 0.534. The van der Waals surface area contributed by atoms with E-state index in [0.29, 0.717) is 25.6 Å². The number of ether oxygens (including phenoxy) is 3. The van der Waals surface area contributed by atoms with Crippen molar-refractivity contribution in [1.29, 1.82) is 0 Å². The lowest BCUT2D eigenvalue weighted by Crippen LogP contribution is -2.55. The van der Waals surface area contributed by atoms with Gasteiger partial charge in [0.2, 0.25) is 5.91 Å². The average molecular weight is 432 g/mol. The van der Waals surface area contributed by atoms with Gasteiger partial charge in [0.25, 0.3) is 0 Å². The lowest BCUT2D eigenvalue weighted by atomic mass is 9.92. The number of rotatable bonds is 11. The van der Waals surface area contributed by atoms with E-state index in [2.05, 4.69) is 6.92 Å². The fourth-order valence-electron chi connectivity index (χ4n) is 4.23. The van der Waals surface area contributed by atoms with Crippen molar-refractivity contribution in [1.82, 2.24) is 4.90 Å². The highest BCUT2D eigenvalue weighted by atomic mass is 16.7. The fourth-order valence-corrected chi connectivity index (χ4v) is 4.23. The van der Waals surface area contributed by atoms with Crippen molar-refractivity contribution in [2.75, 3.05) is 26.4 Å². The number of carbonyl (C=O) groups excluding carboxylic acids is 1. The minimum Gasteiger partial charge on any atom is -0.394 e. The van der Waals surface area contributed by atoms with Gasteiger partial charge in [-0.3, -0.25) is 4.79 Å². The lowest BCUT2D eigenvalue weighted by Gasteiger charge is -2.40. The smallest absolute Gasteiger partial charge is 0.222 e. The number of hydrogen-bond acceptors (Lipinski definition) is 7. The first-order valence-corrected chi connectivity index (χ1v) is 11.4. The Morgan fingerprint density at radius 2 is 1.90 bits per heavy atom. The molecule has 2 heterocycles. The standard InChI is InChI=1S/C22H41NO7/c1-14(2)29-13-17-10-15(3)11-23(17)19(25)8-6-5-7-9-28-22-16(4)20(26)21(27)18(12-24)30-22/h14-18,20-22,24,26-27H,5-13H2,1-4H3/t15-,16?,17+,18?,20-,21+,22-/m1/s1. The van der Waals surface area contributed by atoms with Gasteiger partial charge in [0.15, 0.2) is 6.29 Å². The molecule has 1 amide bonds. The second-order valence-electron chi connectivity index (χ2n) is 9.17. The van der Waals surface area contributed by atoms with Gasteiger partial charge in [0, 0.05) is 25.5 Å². The third-order valence-corrected chi connectivity index (χ3v) is 6.07. The number of carbonyl (C=O) groups is 1. The molecule has 8 nitrogen and oxygen atoms in total. The molecule has 0 bridgehead atoms. The van der Waals surface area contributed by atoms with E-state index in [9.17, 15) is 20.1 Å². The van der Waals surface area contributed by atoms with Crippen LogP contribution in [0.2, 0.25) is 0 Å². The van der Waals surface area contributed by atoms with Crippen LogP contribution in [-0.2, 0) is 19.0 Å². The van der Waals surface area contributed by atoms with Crippen molar-refractivity contribution in [3.8, 4) is 0 Å². The Morgan fingerprint density at radius 1 is 1.17 bits per heavy atom. The molecule has 0 radical (unpaired) electrons. The fraction of sp³-hybridized carbons (Fsp3) is 0.955. The third-order valence-electron chi connectivity index (χ3n) is 6.07. The van der Waals surface area contributed by atoms with Crippen molar-refractivity contribution < 1.29 is 34.3 Å². The quantitative estimate of drug-likeness (QED) is 0.423. The summed E-state index contributed by atoms with van der Waals surface area (Å²) in [7, 11) is 0. The van der Waals surface area contributed by atoms with Gasteiger partial charge in [-0.25, -0.2) is 0 Å². The molecule has 0 aromatic carbocycles. The second kappa shape index (κ2) is 12.3. The van der Waals surface area contributed by atoms with Gasteiger partial charge in [0.05, 0.1) is 31.5 Å². The van der Waals surface area contributed by atoms with Crippen LogP contribution in [-0.4, -0.2) is 89.2 Å². The van der Waals surface area contributed by atoms with E-state index in [1.807, 2.05) is 18.7 Å². The summed E-state index contributed by atoms with van der Waals surface area (Å²) < 4.78 is 17.0. The van der Waals surface area contributed by atoms with Gasteiger partial charge in [-0.1, -0.05) is 20.3 Å². The monoisotopic (exact) mass is 431 g/mol. The summed E-state index contributed by atoms with van der Waals surface area (Å²) in [5, 5.41) is 29.2. The predicted molar refractivity (Wildman–Crippen MR) is 112 cm³/mol. The highest BCUT2D eigenvalue weighted by Gasteiger charge is 2.42. The number of unbranched alkanes of at least 4 members (excludes halogenated alkanes) is 2. The minimum atomic E-state index is -1.11. The van der Waals surface area contributed by atoms with Crippen LogP contribution in [0.3, 0.4) is 0 Å². The molecular formula is C22H41NO7. The van der Waals surface area contributed by atoms with Crippen molar-refractivity contribution in [2.24, 2.45) is 11.8 Å². The number of aliphatic hydroxyl groups excluding tert-OH is 3. The zero-order valence-electron chi connectivity index (χ0n) is 18.9. The molecule has 7 atom stereocenters. The van der Waals surface area contributed by atoms with Crippen LogP contribution in [0, 0.1) is 11.8 Å². The van der Waals surface area contributed by atoms with Crippen LogP contribution < -0.4 is 0 Å². The molecule has 2 unspecified atom stereocenters. The van der Waals surface area contributed by atoms with Crippen LogP contribution in [0.5, 0.6) is 0 Å². The zero-order valence-corrected chi connectivity index (χ0v) is 18.9. The van der Waals surface area contributed by atoms with Gasteiger partial charge >= 0.3 is 0 Å². The summed E-state index contributed by atoms with van der Waals surface area (Å²) >= 11 is 0. The summed E-state index contributed by atoms with van der Waals surface area (Å²) in [5.41, 5.74) is 0. The Labute approximate surface area is 180 Å². The Hall–Kier alpha value is -0.770. The van der Waals surface area contributed by atoms with Gasteiger partial charge in [-0.05, 0) is 39.0 Å². The second-order valence-corrected chi connectivity index (χ2v) is 9.17. The van der Waals surface area contributed by atoms with Crippen LogP contribution >= 0.6 is 0 Å². The maximum absolute atomic E-state index is 12.6. The van der Waals surface area contributed by atoms with Crippen LogP contribution in [0.4, 0.5) is 0 Å². The molecule has 30 heavy (non-hydrogen) atoms. The lowest BCUT2D eigenvalue weighted by molar-refractivity contribution is -0.282. The molecule has 0 saturated carbocycles. The zero-order chi connectivity index (χ0) is 22.3. The van der Waals surface area contributed by atoms with Crippen LogP contribution in [0.25, 0.3) is 0 Å². The number of aliphatic hydroxyl groups is 3. The molecule has 0 spiro atoms. The molecule has 2 saturated heterocycles. The molecule has 2 rings (SSSR count). The van der Waals surface area contributed by atoms with Crippen molar-refractivity contribution in [3.63, 3.8) is 0 Å². The molecule has 0 aliphatic carbocycles. The number of amides is 1. The van der Waals surface area contributed by atoms with Gasteiger partial charge in [-0.2, -0.15) is 0 Å². The normalized spacial score (nSPS) is 34.7. The van der Waals surface area contributed by atoms with Crippen molar-refractivity contribution in [3.05, 3.63) is 0 Å². The van der Waals surface area contributed by atoms with E-state index >= 15 is 0 Å². The average Bonchev–Trinajstić information content (AvgIpc) is 3.09. The van der Waals surface area contributed by atoms with E-state index in [4.69, 9.17) is 14.2 Å². The molecule has 176 valence electrons. The maximum Gasteiger partial charge on any atom is 0.222 e. The van der Waals surface area contributed by atoms with E-state index in [-0.39, 0.29) is 30.6 Å². The molecule has 2 fully saturated rings. The first kappa shape index (κ1) is 25.5. The number of hydrogen-bond donors (Lipinski definition) is 3. The summed E-state index contributed by atoms with van der Waals surface area (Å²) in [4.78, 5) is 14.6. The summed E-state index contributed by atoms with van der Waals surface area (Å²) in [6.45, 7) is 9.44. The number of likely N-dealkylation sites (tertiary alicyclic amines) is 1. The third kappa shape index (κ3) is 7.14. The molecular weight excluding hydrogens is 390 g/mol. The highest BCUT2D eigenvalue weighted by Crippen LogP contribution is 2.27. The molecule has 0 aromatic rings. The summed E-state index contributed by atoms with van der Waals surface area (Å²) in [6, 6.07) is 0.185. The molecule has 0 aromatic heterocycles. The Kier molecular flexibility index (Phi) is 10.5. The van der Waals surface area contributed by atoms with E-state index in [1.54, 1.807) is 6.92 Å². The van der Waals surface area contributed by atoms with Crippen LogP contribution in [0.15, 0.2) is 0 Å². The Morgan fingerprint density at radius 3 is 2.57 bits per heavy atom. The molecule has 3 N–H and O–H groups in total. The predicted octanol–water partition coefficient (Wildman–Crippen LogP) is 1.30. The Bertz CT molecular complexity index is 516. The molecule has 8 heteroatoms. The minimum absolute atomic E-state index is 0.172.